The quantitative estimate of drug-likeness (QED) is 0.659. The number of carboxylic acids is 1. The molecule has 0 aliphatic carbocycles. The van der Waals surface area contributed by atoms with E-state index in [4.69, 9.17) is 16.7 Å². The average molecular weight is 352 g/mol. The fourth-order valence-corrected chi connectivity index (χ4v) is 2.98. The molecule has 3 rings (SSSR count). The fourth-order valence-electron chi connectivity index (χ4n) is 2.72. The van der Waals surface area contributed by atoms with Gasteiger partial charge in [-0.15, -0.1) is 0 Å². The third-order valence-corrected chi connectivity index (χ3v) is 4.29. The van der Waals surface area contributed by atoms with Gasteiger partial charge in [-0.25, -0.2) is 4.79 Å². The van der Waals surface area contributed by atoms with Crippen molar-refractivity contribution in [3.05, 3.63) is 101 Å². The van der Waals surface area contributed by atoms with Gasteiger partial charge in [-0.3, -0.25) is 0 Å². The van der Waals surface area contributed by atoms with Crippen molar-refractivity contribution in [2.45, 2.75) is 13.1 Å². The van der Waals surface area contributed by atoms with Gasteiger partial charge in [0.15, 0.2) is 0 Å². The zero-order valence-electron chi connectivity index (χ0n) is 13.6. The molecule has 0 radical (unpaired) electrons. The van der Waals surface area contributed by atoms with Gasteiger partial charge in [0.25, 0.3) is 0 Å². The molecule has 3 aromatic rings. The van der Waals surface area contributed by atoms with E-state index in [1.807, 2.05) is 36.4 Å². The Labute approximate surface area is 152 Å². The standard InChI is InChI=1S/C21H18ClNO2/c22-20-13-18(11-12-19(20)21(24)25)23(14-16-7-3-1-4-8-16)15-17-9-5-2-6-10-17/h1-13H,14-15H2,(H,24,25). The van der Waals surface area contributed by atoms with Crippen LogP contribution in [0.3, 0.4) is 0 Å². The van der Waals surface area contributed by atoms with Crippen molar-refractivity contribution in [3.8, 4) is 0 Å². The Kier molecular flexibility index (Phi) is 5.36. The number of aromatic carboxylic acids is 1. The minimum absolute atomic E-state index is 0.116. The number of carbonyl (C=O) groups is 1. The molecular weight excluding hydrogens is 334 g/mol. The van der Waals surface area contributed by atoms with Crippen LogP contribution in [-0.2, 0) is 13.1 Å². The second-order valence-corrected chi connectivity index (χ2v) is 6.20. The summed E-state index contributed by atoms with van der Waals surface area (Å²) in [4.78, 5) is 13.4. The van der Waals surface area contributed by atoms with Crippen molar-refractivity contribution in [1.29, 1.82) is 0 Å². The van der Waals surface area contributed by atoms with Crippen LogP contribution in [0, 0.1) is 0 Å². The molecule has 0 bridgehead atoms. The highest BCUT2D eigenvalue weighted by Crippen LogP contribution is 2.26. The van der Waals surface area contributed by atoms with Crippen molar-refractivity contribution in [2.75, 3.05) is 4.90 Å². The predicted molar refractivity (Wildman–Crippen MR) is 101 cm³/mol. The van der Waals surface area contributed by atoms with Gasteiger partial charge in [0.1, 0.15) is 0 Å². The second kappa shape index (κ2) is 7.86. The SMILES string of the molecule is O=C(O)c1ccc(N(Cc2ccccc2)Cc2ccccc2)cc1Cl. The van der Waals surface area contributed by atoms with Crippen molar-refractivity contribution < 1.29 is 9.90 Å². The number of hydrogen-bond acceptors (Lipinski definition) is 2. The molecule has 0 atom stereocenters. The van der Waals surface area contributed by atoms with Gasteiger partial charge in [0.05, 0.1) is 10.6 Å². The van der Waals surface area contributed by atoms with Crippen LogP contribution in [0.1, 0.15) is 21.5 Å². The third kappa shape index (κ3) is 4.40. The topological polar surface area (TPSA) is 40.5 Å². The monoisotopic (exact) mass is 351 g/mol. The summed E-state index contributed by atoms with van der Waals surface area (Å²) in [5.74, 6) is -1.02. The van der Waals surface area contributed by atoms with E-state index in [9.17, 15) is 4.79 Å². The van der Waals surface area contributed by atoms with Crippen LogP contribution in [-0.4, -0.2) is 11.1 Å². The normalized spacial score (nSPS) is 10.4. The van der Waals surface area contributed by atoms with Crippen molar-refractivity contribution in [2.24, 2.45) is 0 Å². The van der Waals surface area contributed by atoms with E-state index in [0.29, 0.717) is 13.1 Å². The van der Waals surface area contributed by atoms with Crippen LogP contribution in [0.15, 0.2) is 78.9 Å². The van der Waals surface area contributed by atoms with Crippen molar-refractivity contribution >= 4 is 23.3 Å². The summed E-state index contributed by atoms with van der Waals surface area (Å²) in [5.41, 5.74) is 3.36. The molecule has 0 fully saturated rings. The van der Waals surface area contributed by atoms with Crippen LogP contribution in [0.5, 0.6) is 0 Å². The van der Waals surface area contributed by atoms with E-state index in [1.165, 1.54) is 11.1 Å². The molecule has 1 N–H and O–H groups in total. The zero-order chi connectivity index (χ0) is 17.6. The van der Waals surface area contributed by atoms with Gasteiger partial charge in [0, 0.05) is 18.8 Å². The zero-order valence-corrected chi connectivity index (χ0v) is 14.4. The maximum atomic E-state index is 11.2. The van der Waals surface area contributed by atoms with Crippen molar-refractivity contribution in [3.63, 3.8) is 0 Å². The van der Waals surface area contributed by atoms with Crippen LogP contribution in [0.25, 0.3) is 0 Å². The van der Waals surface area contributed by atoms with E-state index in [-0.39, 0.29) is 10.6 Å². The minimum atomic E-state index is -1.02. The van der Waals surface area contributed by atoms with E-state index >= 15 is 0 Å². The van der Waals surface area contributed by atoms with Crippen LogP contribution < -0.4 is 4.90 Å². The Morgan fingerprint density at radius 3 is 1.80 bits per heavy atom. The highest BCUT2D eigenvalue weighted by molar-refractivity contribution is 6.33. The smallest absolute Gasteiger partial charge is 0.337 e. The molecule has 0 saturated heterocycles. The number of hydrogen-bond donors (Lipinski definition) is 1. The number of rotatable bonds is 6. The van der Waals surface area contributed by atoms with Crippen LogP contribution >= 0.6 is 11.6 Å². The maximum Gasteiger partial charge on any atom is 0.337 e. The molecule has 0 saturated carbocycles. The summed E-state index contributed by atoms with van der Waals surface area (Å²) in [6.45, 7) is 1.41. The molecule has 25 heavy (non-hydrogen) atoms. The lowest BCUT2D eigenvalue weighted by Crippen LogP contribution is -2.22. The summed E-state index contributed by atoms with van der Waals surface area (Å²) < 4.78 is 0. The molecule has 0 spiro atoms. The Balaban J connectivity index is 1.92. The van der Waals surface area contributed by atoms with E-state index in [2.05, 4.69) is 29.2 Å². The summed E-state index contributed by atoms with van der Waals surface area (Å²) in [5, 5.41) is 9.41. The highest BCUT2D eigenvalue weighted by atomic mass is 35.5. The van der Waals surface area contributed by atoms with Crippen LogP contribution in [0.2, 0.25) is 5.02 Å². The van der Waals surface area contributed by atoms with Gasteiger partial charge in [-0.05, 0) is 29.3 Å². The first-order valence-electron chi connectivity index (χ1n) is 7.99. The molecule has 0 heterocycles. The first-order valence-corrected chi connectivity index (χ1v) is 8.37. The number of anilines is 1. The molecular formula is C21H18ClNO2. The molecule has 3 aromatic carbocycles. The summed E-state index contributed by atoms with van der Waals surface area (Å²) in [7, 11) is 0. The summed E-state index contributed by atoms with van der Waals surface area (Å²) in [6.07, 6.45) is 0. The average Bonchev–Trinajstić information content (AvgIpc) is 2.62. The lowest BCUT2D eigenvalue weighted by Gasteiger charge is -2.26. The van der Waals surface area contributed by atoms with Gasteiger partial charge in [-0.1, -0.05) is 72.3 Å². The molecule has 0 aromatic heterocycles. The molecule has 0 aliphatic heterocycles. The summed E-state index contributed by atoms with van der Waals surface area (Å²) in [6, 6.07) is 25.4. The molecule has 0 aliphatic rings. The Morgan fingerprint density at radius 1 is 0.840 bits per heavy atom. The first-order chi connectivity index (χ1) is 12.1. The Hall–Kier alpha value is -2.78. The van der Waals surface area contributed by atoms with E-state index in [0.717, 1.165) is 5.69 Å². The first kappa shape index (κ1) is 17.1. The third-order valence-electron chi connectivity index (χ3n) is 3.98. The number of nitrogens with zero attached hydrogens (tertiary/aromatic N) is 1. The molecule has 0 amide bonds. The Bertz CT molecular complexity index is 809. The predicted octanol–water partition coefficient (Wildman–Crippen LogP) is 5.25. The molecule has 4 heteroatoms. The lowest BCUT2D eigenvalue weighted by atomic mass is 10.1. The molecule has 0 unspecified atom stereocenters. The van der Waals surface area contributed by atoms with Gasteiger partial charge < -0.3 is 10.0 Å². The lowest BCUT2D eigenvalue weighted by molar-refractivity contribution is 0.0697. The van der Waals surface area contributed by atoms with Crippen molar-refractivity contribution in [1.82, 2.24) is 0 Å². The number of carboxylic acid groups (broad SMARTS) is 1. The minimum Gasteiger partial charge on any atom is -0.478 e. The molecule has 126 valence electrons. The number of halogens is 1. The fraction of sp³-hybridized carbons (Fsp3) is 0.0952. The highest BCUT2D eigenvalue weighted by Gasteiger charge is 2.13. The van der Waals surface area contributed by atoms with Gasteiger partial charge in [-0.2, -0.15) is 0 Å². The largest absolute Gasteiger partial charge is 0.478 e. The maximum absolute atomic E-state index is 11.2. The summed E-state index contributed by atoms with van der Waals surface area (Å²) >= 11 is 6.17. The Morgan fingerprint density at radius 2 is 1.36 bits per heavy atom. The van der Waals surface area contributed by atoms with Gasteiger partial charge >= 0.3 is 5.97 Å². The molecule has 3 nitrogen and oxygen atoms in total. The number of benzene rings is 3. The van der Waals surface area contributed by atoms with Gasteiger partial charge in [0.2, 0.25) is 0 Å². The van der Waals surface area contributed by atoms with E-state index < -0.39 is 5.97 Å². The van der Waals surface area contributed by atoms with E-state index in [1.54, 1.807) is 18.2 Å². The second-order valence-electron chi connectivity index (χ2n) is 5.80. The van der Waals surface area contributed by atoms with Crippen LogP contribution in [0.4, 0.5) is 5.69 Å².